The Bertz CT molecular complexity index is 2460. The van der Waals surface area contributed by atoms with Gasteiger partial charge in [-0.15, -0.1) is 39.5 Å². The first kappa shape index (κ1) is 69.4. The van der Waals surface area contributed by atoms with Gasteiger partial charge in [-0.25, -0.2) is 0 Å². The predicted molar refractivity (Wildman–Crippen MR) is 316 cm³/mol. The molecule has 0 radical (unpaired) electrons. The van der Waals surface area contributed by atoms with Gasteiger partial charge in [0.25, 0.3) is 0 Å². The summed E-state index contributed by atoms with van der Waals surface area (Å²) in [6, 6.07) is 30.2. The molecule has 438 valence electrons. The molecule has 3 saturated carbocycles. The van der Waals surface area contributed by atoms with E-state index in [1.165, 1.54) is 37.0 Å². The number of nitrogens with two attached hydrogens (primary N) is 2. The molecule has 0 spiro atoms. The van der Waals surface area contributed by atoms with Gasteiger partial charge in [0.1, 0.15) is 0 Å². The van der Waals surface area contributed by atoms with Crippen LogP contribution in [0.3, 0.4) is 0 Å². The highest BCUT2D eigenvalue weighted by Gasteiger charge is 2.59. The summed E-state index contributed by atoms with van der Waals surface area (Å²) >= 11 is 0. The van der Waals surface area contributed by atoms with Crippen molar-refractivity contribution in [3.63, 3.8) is 0 Å². The Morgan fingerprint density at radius 3 is 1.20 bits per heavy atom. The van der Waals surface area contributed by atoms with Crippen LogP contribution in [-0.4, -0.2) is 79.2 Å². The SMILES string of the molecule is C=C.C=CC1CC(C=C)C2C(=O)N(CC)C(=O)C12.C=CC1CC(C=C)C2C(=O)OC(=O)C12.CC(=O)NCc1ccccc1.CCN.CCNCc1ccccc1.COC(C)=O.NCc1ccccc1.O=C1OC(=O)C2C3C=CC(C3)C12. The van der Waals surface area contributed by atoms with E-state index >= 15 is 0 Å². The minimum atomic E-state index is -0.394. The number of esters is 5. The highest BCUT2D eigenvalue weighted by molar-refractivity contribution is 6.06. The zero-order valence-electron chi connectivity index (χ0n) is 48.3. The largest absolute Gasteiger partial charge is 0.469 e. The molecule has 7 aliphatic rings. The fourth-order valence-electron chi connectivity index (χ4n) is 10.6. The van der Waals surface area contributed by atoms with Gasteiger partial charge in [0, 0.05) is 40.0 Å². The van der Waals surface area contributed by atoms with Crippen LogP contribution in [0.2, 0.25) is 0 Å². The van der Waals surface area contributed by atoms with Gasteiger partial charge >= 0.3 is 29.8 Å². The Morgan fingerprint density at radius 1 is 0.568 bits per heavy atom. The molecule has 3 amide bonds. The second-order valence-electron chi connectivity index (χ2n) is 19.5. The lowest BCUT2D eigenvalue weighted by Crippen LogP contribution is -2.33. The molecule has 3 heterocycles. The first-order valence-corrected chi connectivity index (χ1v) is 27.5. The molecule has 81 heavy (non-hydrogen) atoms. The number of hydrogen-bond acceptors (Lipinski definition) is 14. The maximum Gasteiger partial charge on any atom is 0.318 e. The van der Waals surface area contributed by atoms with Crippen molar-refractivity contribution in [2.24, 2.45) is 82.5 Å². The number of hydrogen-bond donors (Lipinski definition) is 4. The van der Waals surface area contributed by atoms with Crippen molar-refractivity contribution >= 4 is 47.6 Å². The van der Waals surface area contributed by atoms with Crippen LogP contribution in [-0.2, 0) is 72.2 Å². The van der Waals surface area contributed by atoms with Crippen molar-refractivity contribution in [2.45, 2.75) is 73.5 Å². The van der Waals surface area contributed by atoms with E-state index in [9.17, 15) is 38.4 Å². The summed E-state index contributed by atoms with van der Waals surface area (Å²) in [6.45, 7) is 34.1. The van der Waals surface area contributed by atoms with E-state index in [-0.39, 0.29) is 107 Å². The van der Waals surface area contributed by atoms with Crippen LogP contribution in [0.5, 0.6) is 0 Å². The van der Waals surface area contributed by atoms with E-state index in [4.69, 9.17) is 11.5 Å². The zero-order valence-corrected chi connectivity index (χ0v) is 48.3. The van der Waals surface area contributed by atoms with E-state index < -0.39 is 11.9 Å². The molecule has 3 aliphatic heterocycles. The van der Waals surface area contributed by atoms with Gasteiger partial charge in [-0.2, -0.15) is 0 Å². The number of likely N-dealkylation sites (tertiary alicyclic amines) is 1. The third kappa shape index (κ3) is 20.4. The highest BCUT2D eigenvalue weighted by Crippen LogP contribution is 2.52. The van der Waals surface area contributed by atoms with Crippen LogP contribution in [0.4, 0.5) is 0 Å². The molecule has 2 bridgehead atoms. The van der Waals surface area contributed by atoms with Gasteiger partial charge in [-0.05, 0) is 91.5 Å². The molecule has 4 aliphatic carbocycles. The summed E-state index contributed by atoms with van der Waals surface area (Å²) in [5.41, 5.74) is 13.9. The van der Waals surface area contributed by atoms with Gasteiger partial charge in [-0.1, -0.05) is 141 Å². The first-order chi connectivity index (χ1) is 38.9. The summed E-state index contributed by atoms with van der Waals surface area (Å²) in [4.78, 5) is 90.7. The third-order valence-corrected chi connectivity index (χ3v) is 14.5. The standard InChI is InChI=1S/C13H17NO2.C11H12O3.C9H11NO.C9H13N.C9H8O3.C7H9N.C3H6O2.C2H7N.C2H4/c1-4-8-7-9(5-2)11-10(8)12(15)14(6-3)13(11)16;1-3-6-5-7(4-2)9-8(6)10(12)14-11(9)13;1-8(11)10-7-9-5-3-2-4-6-9;1-2-10-8-9-6-4-3-5-7-9;10-8-6-4-1-2-5(3-4)7(6)9(11)12-8;8-6-7-4-2-1-3-5-7;1-3(4)5-2;1-2-3;1-2/h4-5,8-11H,1-2,6-7H2,3H3;3-4,6-9H,1-2,5H2;2-6H,7H2,1H3,(H,10,11);3-7,10H,2,8H2,1H3;1-2,4-7H,3H2;1-5H,6,8H2;1-2H3;2-3H2,1H3;1-2H2. The molecule has 12 atom stereocenters. The minimum Gasteiger partial charge on any atom is -0.469 e. The number of cyclic esters (lactones) is 4. The lowest BCUT2D eigenvalue weighted by atomic mass is 9.85. The molecule has 10 rings (SSSR count). The van der Waals surface area contributed by atoms with E-state index in [1.54, 1.807) is 12.2 Å². The summed E-state index contributed by atoms with van der Waals surface area (Å²) in [5, 5.41) is 5.99. The van der Waals surface area contributed by atoms with Crippen LogP contribution in [0.15, 0.2) is 167 Å². The quantitative estimate of drug-likeness (QED) is 0.0462. The number of carbonyl (C=O) groups is 8. The van der Waals surface area contributed by atoms with Crippen molar-refractivity contribution < 1.29 is 52.6 Å². The molecule has 0 aromatic heterocycles. The molecule has 12 unspecified atom stereocenters. The second kappa shape index (κ2) is 37.3. The molecule has 16 nitrogen and oxygen atoms in total. The number of allylic oxidation sites excluding steroid dienone is 6. The average Bonchev–Trinajstić information content (AvgIpc) is 4.48. The van der Waals surface area contributed by atoms with Gasteiger partial charge in [0.2, 0.25) is 17.7 Å². The van der Waals surface area contributed by atoms with Crippen LogP contribution in [0, 0.1) is 71.0 Å². The first-order valence-electron chi connectivity index (χ1n) is 27.5. The van der Waals surface area contributed by atoms with Gasteiger partial charge in [0.05, 0.1) is 42.6 Å². The molecule has 6 fully saturated rings. The maximum absolute atomic E-state index is 12.1. The van der Waals surface area contributed by atoms with Crippen molar-refractivity contribution in [1.82, 2.24) is 15.5 Å². The number of carbonyl (C=O) groups excluding carboxylic acids is 8. The average molecular weight is 1110 g/mol. The lowest BCUT2D eigenvalue weighted by molar-refractivity contribution is -0.156. The Balaban J connectivity index is 0.000000324. The monoisotopic (exact) mass is 1110 g/mol. The third-order valence-electron chi connectivity index (χ3n) is 14.5. The van der Waals surface area contributed by atoms with E-state index in [0.717, 1.165) is 44.5 Å². The number of imide groups is 1. The summed E-state index contributed by atoms with van der Waals surface area (Å²) in [5.74, 6) is -2.06. The normalized spacial score (nSPS) is 25.7. The second-order valence-corrected chi connectivity index (χ2v) is 19.5. The summed E-state index contributed by atoms with van der Waals surface area (Å²) < 4.78 is 13.3. The topological polar surface area (TPSA) is 244 Å². The molecule has 6 N–H and O–H groups in total. The number of nitrogens with one attached hydrogen (secondary N) is 2. The summed E-state index contributed by atoms with van der Waals surface area (Å²) in [6.07, 6.45) is 13.8. The predicted octanol–water partition coefficient (Wildman–Crippen LogP) is 8.64. The van der Waals surface area contributed by atoms with Crippen molar-refractivity contribution in [3.8, 4) is 0 Å². The Morgan fingerprint density at radius 2 is 0.901 bits per heavy atom. The number of amides is 3. The fraction of sp³-hybridized carbons (Fsp3) is 0.415. The smallest absolute Gasteiger partial charge is 0.318 e. The highest BCUT2D eigenvalue weighted by atomic mass is 16.6. The molecule has 16 heteroatoms. The fourth-order valence-corrected chi connectivity index (χ4v) is 10.6. The lowest BCUT2D eigenvalue weighted by Gasteiger charge is -2.16. The van der Waals surface area contributed by atoms with E-state index in [0.29, 0.717) is 19.6 Å². The van der Waals surface area contributed by atoms with Crippen LogP contribution < -0.4 is 22.1 Å². The number of rotatable bonds is 11. The van der Waals surface area contributed by atoms with Crippen LogP contribution in [0.1, 0.15) is 70.6 Å². The Hall–Kier alpha value is -7.66. The maximum atomic E-state index is 12.1. The van der Waals surface area contributed by atoms with Crippen molar-refractivity contribution in [1.29, 1.82) is 0 Å². The van der Waals surface area contributed by atoms with Gasteiger partial charge < -0.3 is 36.3 Å². The number of fused-ring (bicyclic) bond motifs is 7. The zero-order chi connectivity index (χ0) is 60.6. The summed E-state index contributed by atoms with van der Waals surface area (Å²) in [7, 11) is 1.35. The molecular formula is C65H87N5O11. The molecular weight excluding hydrogens is 1030 g/mol. The Labute approximate surface area is 480 Å². The number of nitrogens with zero attached hydrogens (tertiary/aromatic N) is 1. The van der Waals surface area contributed by atoms with E-state index in [1.807, 2.05) is 105 Å². The van der Waals surface area contributed by atoms with E-state index in [2.05, 4.69) is 95.5 Å². The van der Waals surface area contributed by atoms with Gasteiger partial charge in [-0.3, -0.25) is 43.3 Å². The van der Waals surface area contributed by atoms with Crippen molar-refractivity contribution in [2.75, 3.05) is 26.7 Å². The van der Waals surface area contributed by atoms with Crippen LogP contribution in [0.25, 0.3) is 0 Å². The molecule has 3 aromatic carbocycles. The van der Waals surface area contributed by atoms with Gasteiger partial charge in [0.15, 0.2) is 0 Å². The molecule has 3 saturated heterocycles. The number of benzene rings is 3. The van der Waals surface area contributed by atoms with Crippen LogP contribution >= 0.6 is 0 Å². The molecule has 3 aromatic rings. The number of ether oxygens (including phenoxy) is 3. The van der Waals surface area contributed by atoms with Crippen molar-refractivity contribution in [3.05, 3.63) is 184 Å². The minimum absolute atomic E-state index is 0.00820. The number of methoxy groups -OCH3 is 1. The Kier molecular flexibility index (Phi) is 32.0.